The van der Waals surface area contributed by atoms with E-state index in [0.29, 0.717) is 0 Å². The Bertz CT molecular complexity index is 3320. The maximum Gasteiger partial charge on any atom is 0.0540 e. The van der Waals surface area contributed by atoms with Gasteiger partial charge in [-0.15, -0.1) is 0 Å². The molecule has 0 saturated carbocycles. The number of nitrogens with zero attached hydrogens (tertiary/aromatic N) is 1. The Balaban J connectivity index is 1.04. The summed E-state index contributed by atoms with van der Waals surface area (Å²) in [5.74, 6) is 0. The molecule has 0 N–H and O–H groups in total. The number of rotatable bonds is 5. The highest BCUT2D eigenvalue weighted by molar-refractivity contribution is 6.08. The van der Waals surface area contributed by atoms with Gasteiger partial charge in [0.15, 0.2) is 0 Å². The Morgan fingerprint density at radius 1 is 0.306 bits per heavy atom. The van der Waals surface area contributed by atoms with E-state index in [0.717, 1.165) is 17.1 Å². The summed E-state index contributed by atoms with van der Waals surface area (Å²) >= 11 is 0. The van der Waals surface area contributed by atoms with Crippen molar-refractivity contribution in [2.45, 2.75) is 57.8 Å². The van der Waals surface area contributed by atoms with Gasteiger partial charge in [0.25, 0.3) is 0 Å². The van der Waals surface area contributed by atoms with Gasteiger partial charge >= 0.3 is 0 Å². The number of benzene rings is 9. The summed E-state index contributed by atoms with van der Waals surface area (Å²) in [6, 6.07) is 70.9. The number of anilines is 3. The van der Waals surface area contributed by atoms with Gasteiger partial charge in [-0.2, -0.15) is 0 Å². The molecule has 3 aliphatic rings. The Labute approximate surface area is 366 Å². The van der Waals surface area contributed by atoms with E-state index in [-0.39, 0.29) is 16.2 Å². The molecular weight excluding hydrogens is 747 g/mol. The molecule has 9 aromatic carbocycles. The molecule has 9 aromatic rings. The van der Waals surface area contributed by atoms with E-state index in [4.69, 9.17) is 0 Å². The van der Waals surface area contributed by atoms with E-state index in [2.05, 4.69) is 234 Å². The zero-order valence-corrected chi connectivity index (χ0v) is 36.3. The first kappa shape index (κ1) is 36.9. The maximum atomic E-state index is 2.50. The van der Waals surface area contributed by atoms with Crippen LogP contribution in [-0.4, -0.2) is 0 Å². The van der Waals surface area contributed by atoms with Crippen molar-refractivity contribution in [3.63, 3.8) is 0 Å². The molecule has 0 saturated heterocycles. The molecule has 0 atom stereocenters. The Hall–Kier alpha value is -6.96. The number of hydrogen-bond donors (Lipinski definition) is 0. The van der Waals surface area contributed by atoms with Gasteiger partial charge < -0.3 is 4.90 Å². The zero-order chi connectivity index (χ0) is 42.1. The summed E-state index contributed by atoms with van der Waals surface area (Å²) in [4.78, 5) is 2.50. The van der Waals surface area contributed by atoms with Gasteiger partial charge in [-0.1, -0.05) is 193 Å². The Kier molecular flexibility index (Phi) is 7.74. The van der Waals surface area contributed by atoms with Gasteiger partial charge in [-0.25, -0.2) is 0 Å². The van der Waals surface area contributed by atoms with Crippen LogP contribution < -0.4 is 4.90 Å². The standard InChI is InChI=1S/C61H49N/c1-59(2)50-22-12-9-18-44(50)46-33-28-40(36-54(46)59)38-26-30-41(31-27-38)62(42-32-34-47-45-19-10-13-23-51(45)60(3,4)55(47)37-42)56-25-14-11-20-48(56)49-21-15-24-52-58(49)57-43-17-8-7-16-39(43)29-35-53(57)61(52,5)6/h7-37H,1-6H3. The van der Waals surface area contributed by atoms with Crippen LogP contribution in [0.5, 0.6) is 0 Å². The highest BCUT2D eigenvalue weighted by Crippen LogP contribution is 2.57. The smallest absolute Gasteiger partial charge is 0.0540 e. The second-order valence-electron chi connectivity index (χ2n) is 19.3. The summed E-state index contributed by atoms with van der Waals surface area (Å²) in [5.41, 5.74) is 24.5. The van der Waals surface area contributed by atoms with E-state index in [1.807, 2.05) is 0 Å². The third-order valence-corrected chi connectivity index (χ3v) is 14.9. The normalized spacial score (nSPS) is 15.3. The predicted octanol–water partition coefficient (Wildman–Crippen LogP) is 16.6. The van der Waals surface area contributed by atoms with Gasteiger partial charge in [0.2, 0.25) is 0 Å². The third kappa shape index (κ3) is 5.09. The molecule has 12 rings (SSSR count). The fourth-order valence-electron chi connectivity index (χ4n) is 11.6. The third-order valence-electron chi connectivity index (χ3n) is 14.9. The molecule has 1 nitrogen and oxygen atoms in total. The fraction of sp³-hybridized carbons (Fsp3) is 0.148. The molecule has 0 aromatic heterocycles. The molecule has 298 valence electrons. The molecule has 1 heteroatoms. The van der Waals surface area contributed by atoms with Crippen LogP contribution >= 0.6 is 0 Å². The van der Waals surface area contributed by atoms with E-state index < -0.39 is 0 Å². The predicted molar refractivity (Wildman–Crippen MR) is 262 cm³/mol. The van der Waals surface area contributed by atoms with Gasteiger partial charge in [0.05, 0.1) is 5.69 Å². The molecule has 0 bridgehead atoms. The molecule has 0 fully saturated rings. The summed E-state index contributed by atoms with van der Waals surface area (Å²) in [6.45, 7) is 14.3. The first-order valence-electron chi connectivity index (χ1n) is 22.2. The molecule has 0 radical (unpaired) electrons. The van der Waals surface area contributed by atoms with Crippen LogP contribution in [0.2, 0.25) is 0 Å². The second kappa shape index (κ2) is 13.0. The van der Waals surface area contributed by atoms with Gasteiger partial charge in [-0.05, 0) is 131 Å². The van der Waals surface area contributed by atoms with E-state index in [9.17, 15) is 0 Å². The summed E-state index contributed by atoms with van der Waals surface area (Å²) < 4.78 is 0. The zero-order valence-electron chi connectivity index (χ0n) is 36.3. The molecule has 0 amide bonds. The van der Waals surface area contributed by atoms with Crippen LogP contribution in [0.1, 0.15) is 74.9 Å². The number of hydrogen-bond acceptors (Lipinski definition) is 1. The Morgan fingerprint density at radius 3 is 1.53 bits per heavy atom. The summed E-state index contributed by atoms with van der Waals surface area (Å²) in [5, 5.41) is 2.59. The molecule has 0 heterocycles. The average molecular weight is 796 g/mol. The molecular formula is C61H49N. The van der Waals surface area contributed by atoms with Gasteiger partial charge in [0.1, 0.15) is 0 Å². The monoisotopic (exact) mass is 795 g/mol. The number of fused-ring (bicyclic) bond motifs is 11. The highest BCUT2D eigenvalue weighted by atomic mass is 15.1. The van der Waals surface area contributed by atoms with Crippen molar-refractivity contribution in [2.75, 3.05) is 4.90 Å². The van der Waals surface area contributed by atoms with Crippen molar-refractivity contribution in [1.82, 2.24) is 0 Å². The fourth-order valence-corrected chi connectivity index (χ4v) is 11.6. The molecule has 0 spiro atoms. The first-order valence-corrected chi connectivity index (χ1v) is 22.2. The van der Waals surface area contributed by atoms with Crippen molar-refractivity contribution >= 4 is 27.8 Å². The quantitative estimate of drug-likeness (QED) is 0.168. The van der Waals surface area contributed by atoms with Crippen LogP contribution in [0.3, 0.4) is 0 Å². The minimum atomic E-state index is -0.134. The molecule has 3 aliphatic carbocycles. The largest absolute Gasteiger partial charge is 0.310 e. The van der Waals surface area contributed by atoms with Gasteiger partial charge in [0, 0.05) is 33.2 Å². The lowest BCUT2D eigenvalue weighted by Gasteiger charge is -2.30. The van der Waals surface area contributed by atoms with Crippen LogP contribution in [0, 0.1) is 0 Å². The van der Waals surface area contributed by atoms with Crippen LogP contribution in [0.4, 0.5) is 17.1 Å². The van der Waals surface area contributed by atoms with Crippen molar-refractivity contribution in [2.24, 2.45) is 0 Å². The van der Waals surface area contributed by atoms with Crippen LogP contribution in [0.15, 0.2) is 188 Å². The lowest BCUT2D eigenvalue weighted by atomic mass is 9.81. The van der Waals surface area contributed by atoms with Crippen LogP contribution in [-0.2, 0) is 16.2 Å². The highest BCUT2D eigenvalue weighted by Gasteiger charge is 2.40. The maximum absolute atomic E-state index is 2.50. The van der Waals surface area contributed by atoms with Crippen molar-refractivity contribution in [3.8, 4) is 55.6 Å². The molecule has 62 heavy (non-hydrogen) atoms. The minimum absolute atomic E-state index is 0.0526. The van der Waals surface area contributed by atoms with Crippen molar-refractivity contribution in [3.05, 3.63) is 221 Å². The topological polar surface area (TPSA) is 3.24 Å². The SMILES string of the molecule is CC1(C)c2ccccc2-c2ccc(-c3ccc(N(c4ccc5c(c4)C(C)(C)c4ccccc4-5)c4ccccc4-c4cccc5c4-c4c(ccc6ccccc46)C5(C)C)cc3)cc21. The second-order valence-corrected chi connectivity index (χ2v) is 19.3. The Morgan fingerprint density at radius 2 is 0.806 bits per heavy atom. The van der Waals surface area contributed by atoms with Crippen molar-refractivity contribution in [1.29, 1.82) is 0 Å². The van der Waals surface area contributed by atoms with Crippen molar-refractivity contribution < 1.29 is 0 Å². The van der Waals surface area contributed by atoms with E-state index in [1.54, 1.807) is 0 Å². The average Bonchev–Trinajstić information content (AvgIpc) is 3.79. The minimum Gasteiger partial charge on any atom is -0.310 e. The number of para-hydroxylation sites is 1. The molecule has 0 unspecified atom stereocenters. The summed E-state index contributed by atoms with van der Waals surface area (Å²) in [6.07, 6.45) is 0. The van der Waals surface area contributed by atoms with E-state index in [1.165, 1.54) is 99.8 Å². The molecule has 0 aliphatic heterocycles. The van der Waals surface area contributed by atoms with E-state index >= 15 is 0 Å². The lowest BCUT2D eigenvalue weighted by Crippen LogP contribution is -2.17. The first-order chi connectivity index (χ1) is 30.0. The van der Waals surface area contributed by atoms with Gasteiger partial charge in [-0.3, -0.25) is 0 Å². The lowest BCUT2D eigenvalue weighted by molar-refractivity contribution is 0.660. The van der Waals surface area contributed by atoms with Crippen LogP contribution in [0.25, 0.3) is 66.4 Å². The summed E-state index contributed by atoms with van der Waals surface area (Å²) in [7, 11) is 0.